The maximum absolute atomic E-state index is 3.88. The molecule has 16 heavy (non-hydrogen) atoms. The topological polar surface area (TPSA) is 12.9 Å². The van der Waals surface area contributed by atoms with Crippen LogP contribution >= 0.6 is 0 Å². The molecule has 0 spiro atoms. The molecule has 0 radical (unpaired) electrons. The Morgan fingerprint density at radius 2 is 2.00 bits per heavy atom. The molecule has 1 aromatic heterocycles. The minimum Gasteiger partial charge on any atom is -0.264 e. The van der Waals surface area contributed by atoms with Crippen LogP contribution in [0.2, 0.25) is 0 Å². The summed E-state index contributed by atoms with van der Waals surface area (Å²) in [7, 11) is 0. The second-order valence-electron chi connectivity index (χ2n) is 5.45. The summed E-state index contributed by atoms with van der Waals surface area (Å²) in [5, 5.41) is 0. The molecule has 0 atom stereocenters. The Labute approximate surface area is 99.6 Å². The molecular formula is C15H23N. The largest absolute Gasteiger partial charge is 0.264 e. The third-order valence-electron chi connectivity index (χ3n) is 3.01. The van der Waals surface area contributed by atoms with Crippen molar-refractivity contribution in [3.05, 3.63) is 41.7 Å². The fourth-order valence-corrected chi connectivity index (χ4v) is 1.64. The molecule has 0 amide bonds. The molecule has 1 aliphatic rings. The molecule has 1 nitrogen and oxygen atoms in total. The van der Waals surface area contributed by atoms with Crippen LogP contribution < -0.4 is 0 Å². The van der Waals surface area contributed by atoms with Crippen LogP contribution in [0.25, 0.3) is 0 Å². The molecule has 0 bridgehead atoms. The lowest BCUT2D eigenvalue weighted by Crippen LogP contribution is -2.13. The number of hydrogen-bond acceptors (Lipinski definition) is 1. The van der Waals surface area contributed by atoms with Crippen molar-refractivity contribution in [2.24, 2.45) is 5.41 Å². The fourth-order valence-electron chi connectivity index (χ4n) is 1.64. The Morgan fingerprint density at radius 1 is 1.25 bits per heavy atom. The number of aryl methyl sites for hydroxylation is 1. The predicted octanol–water partition coefficient (Wildman–Crippen LogP) is 4.53. The number of pyridine rings is 1. The SMILES string of the molecule is CC1=CCC(C)(C)CC1.Cc1cccnc1. The second kappa shape index (κ2) is 5.83. The van der Waals surface area contributed by atoms with E-state index in [9.17, 15) is 0 Å². The molecule has 88 valence electrons. The van der Waals surface area contributed by atoms with E-state index in [4.69, 9.17) is 0 Å². The Balaban J connectivity index is 0.000000165. The predicted molar refractivity (Wildman–Crippen MR) is 70.4 cm³/mol. The summed E-state index contributed by atoms with van der Waals surface area (Å²) in [4.78, 5) is 3.88. The molecule has 1 heterocycles. The standard InChI is InChI=1S/C9H16.C6H7N/c1-8-4-6-9(2,3)7-5-8;1-6-3-2-4-7-5-6/h4H,5-7H2,1-3H3;2-5H,1H3. The third kappa shape index (κ3) is 5.11. The van der Waals surface area contributed by atoms with Gasteiger partial charge in [-0.2, -0.15) is 0 Å². The van der Waals surface area contributed by atoms with E-state index in [2.05, 4.69) is 31.8 Å². The Morgan fingerprint density at radius 3 is 2.31 bits per heavy atom. The van der Waals surface area contributed by atoms with Crippen molar-refractivity contribution in [1.82, 2.24) is 4.98 Å². The van der Waals surface area contributed by atoms with Crippen molar-refractivity contribution in [1.29, 1.82) is 0 Å². The lowest BCUT2D eigenvalue weighted by molar-refractivity contribution is 0.325. The first-order valence-electron chi connectivity index (χ1n) is 6.02. The summed E-state index contributed by atoms with van der Waals surface area (Å²) >= 11 is 0. The quantitative estimate of drug-likeness (QED) is 0.582. The molecule has 0 aliphatic heterocycles. The summed E-state index contributed by atoms with van der Waals surface area (Å²) in [6, 6.07) is 3.95. The van der Waals surface area contributed by atoms with Gasteiger partial charge in [0.15, 0.2) is 0 Å². The highest BCUT2D eigenvalue weighted by Crippen LogP contribution is 2.33. The van der Waals surface area contributed by atoms with Crippen molar-refractivity contribution in [2.75, 3.05) is 0 Å². The molecule has 0 unspecified atom stereocenters. The van der Waals surface area contributed by atoms with E-state index in [1.54, 1.807) is 11.8 Å². The zero-order chi connectivity index (χ0) is 12.0. The zero-order valence-electron chi connectivity index (χ0n) is 11.0. The first-order valence-corrected chi connectivity index (χ1v) is 6.02. The van der Waals surface area contributed by atoms with Crippen LogP contribution in [0.5, 0.6) is 0 Å². The molecule has 1 aliphatic carbocycles. The smallest absolute Gasteiger partial charge is 0.0297 e. The van der Waals surface area contributed by atoms with E-state index < -0.39 is 0 Å². The molecule has 0 saturated carbocycles. The third-order valence-corrected chi connectivity index (χ3v) is 3.01. The maximum atomic E-state index is 3.88. The van der Waals surface area contributed by atoms with Crippen LogP contribution in [0.15, 0.2) is 36.2 Å². The van der Waals surface area contributed by atoms with Crippen LogP contribution in [-0.4, -0.2) is 4.98 Å². The first-order chi connectivity index (χ1) is 7.49. The van der Waals surface area contributed by atoms with Crippen LogP contribution in [0, 0.1) is 12.3 Å². The van der Waals surface area contributed by atoms with Gasteiger partial charge in [-0.15, -0.1) is 0 Å². The summed E-state index contributed by atoms with van der Waals surface area (Å²) in [6.45, 7) is 8.94. The van der Waals surface area contributed by atoms with Crippen LogP contribution in [0.3, 0.4) is 0 Å². The summed E-state index contributed by atoms with van der Waals surface area (Å²) < 4.78 is 0. The molecule has 1 aromatic rings. The van der Waals surface area contributed by atoms with E-state index in [0.717, 1.165) is 0 Å². The number of rotatable bonds is 0. The molecule has 1 heteroatoms. The minimum atomic E-state index is 0.583. The second-order valence-corrected chi connectivity index (χ2v) is 5.45. The molecule has 0 aromatic carbocycles. The summed E-state index contributed by atoms with van der Waals surface area (Å²) in [5.74, 6) is 0. The minimum absolute atomic E-state index is 0.583. The van der Waals surface area contributed by atoms with Gasteiger partial charge in [0.1, 0.15) is 0 Å². The van der Waals surface area contributed by atoms with Crippen LogP contribution in [-0.2, 0) is 0 Å². The molecule has 0 saturated heterocycles. The van der Waals surface area contributed by atoms with Crippen LogP contribution in [0.4, 0.5) is 0 Å². The number of allylic oxidation sites excluding steroid dienone is 2. The molecule has 2 rings (SSSR count). The van der Waals surface area contributed by atoms with Crippen molar-refractivity contribution < 1.29 is 0 Å². The first kappa shape index (κ1) is 13.0. The van der Waals surface area contributed by atoms with Gasteiger partial charge in [-0.3, -0.25) is 4.98 Å². The van der Waals surface area contributed by atoms with Gasteiger partial charge in [-0.25, -0.2) is 0 Å². The van der Waals surface area contributed by atoms with Gasteiger partial charge in [0, 0.05) is 12.4 Å². The van der Waals surface area contributed by atoms with Gasteiger partial charge in [0.25, 0.3) is 0 Å². The van der Waals surface area contributed by atoms with Gasteiger partial charge in [-0.05, 0) is 50.2 Å². The van der Waals surface area contributed by atoms with E-state index >= 15 is 0 Å². The maximum Gasteiger partial charge on any atom is 0.0297 e. The Bertz CT molecular complexity index is 336. The van der Waals surface area contributed by atoms with Crippen molar-refractivity contribution in [3.63, 3.8) is 0 Å². The normalized spacial score (nSPS) is 18.1. The van der Waals surface area contributed by atoms with E-state index in [1.807, 2.05) is 25.3 Å². The summed E-state index contributed by atoms with van der Waals surface area (Å²) in [6.07, 6.45) is 9.94. The molecular weight excluding hydrogens is 194 g/mol. The van der Waals surface area contributed by atoms with Crippen molar-refractivity contribution >= 4 is 0 Å². The van der Waals surface area contributed by atoms with Crippen LogP contribution in [0.1, 0.15) is 45.6 Å². The van der Waals surface area contributed by atoms with Gasteiger partial charge in [0.05, 0.1) is 0 Å². The average molecular weight is 217 g/mol. The number of hydrogen-bond donors (Lipinski definition) is 0. The van der Waals surface area contributed by atoms with Crippen molar-refractivity contribution in [3.8, 4) is 0 Å². The highest BCUT2D eigenvalue weighted by Gasteiger charge is 2.19. The monoisotopic (exact) mass is 217 g/mol. The highest BCUT2D eigenvalue weighted by atomic mass is 14.6. The van der Waals surface area contributed by atoms with Crippen molar-refractivity contribution in [2.45, 2.75) is 47.0 Å². The van der Waals surface area contributed by atoms with Gasteiger partial charge >= 0.3 is 0 Å². The summed E-state index contributed by atoms with van der Waals surface area (Å²) in [5.41, 5.74) is 3.37. The Hall–Kier alpha value is -1.11. The lowest BCUT2D eigenvalue weighted by atomic mass is 9.79. The van der Waals surface area contributed by atoms with E-state index in [-0.39, 0.29) is 0 Å². The number of aromatic nitrogens is 1. The zero-order valence-corrected chi connectivity index (χ0v) is 11.0. The lowest BCUT2D eigenvalue weighted by Gasteiger charge is -2.27. The average Bonchev–Trinajstić information content (AvgIpc) is 2.25. The number of nitrogens with zero attached hydrogens (tertiary/aromatic N) is 1. The Kier molecular flexibility index (Phi) is 4.72. The van der Waals surface area contributed by atoms with Gasteiger partial charge in [0.2, 0.25) is 0 Å². The van der Waals surface area contributed by atoms with E-state index in [0.29, 0.717) is 5.41 Å². The molecule has 0 N–H and O–H groups in total. The van der Waals surface area contributed by atoms with E-state index in [1.165, 1.54) is 24.8 Å². The van der Waals surface area contributed by atoms with Gasteiger partial charge in [-0.1, -0.05) is 31.6 Å². The fraction of sp³-hybridized carbons (Fsp3) is 0.533. The molecule has 0 fully saturated rings. The highest BCUT2D eigenvalue weighted by molar-refractivity contribution is 5.05. The van der Waals surface area contributed by atoms with Gasteiger partial charge < -0.3 is 0 Å².